The van der Waals surface area contributed by atoms with Crippen LogP contribution >= 0.6 is 22.9 Å². The molecule has 1 aliphatic rings. The fraction of sp³-hybridized carbons (Fsp3) is 0.609. The summed E-state index contributed by atoms with van der Waals surface area (Å²) in [4.78, 5) is 10.9. The summed E-state index contributed by atoms with van der Waals surface area (Å²) in [6.45, 7) is 3.94. The number of carbonyl (C=O) groups is 1. The van der Waals surface area contributed by atoms with E-state index in [0.29, 0.717) is 10.3 Å². The Labute approximate surface area is 179 Å². The molecule has 0 bridgehead atoms. The van der Waals surface area contributed by atoms with Crippen LogP contribution in [0.5, 0.6) is 0 Å². The molecule has 3 atom stereocenters. The number of halogens is 1. The highest BCUT2D eigenvalue weighted by atomic mass is 35.5. The highest BCUT2D eigenvalue weighted by Crippen LogP contribution is 2.30. The number of thiophene rings is 1. The molecule has 0 unspecified atom stereocenters. The largest absolute Gasteiger partial charge is 0.477 e. The first-order valence-corrected chi connectivity index (χ1v) is 11.4. The van der Waals surface area contributed by atoms with E-state index in [1.807, 2.05) is 12.3 Å². The maximum Gasteiger partial charge on any atom is 0.345 e. The van der Waals surface area contributed by atoms with Gasteiger partial charge in [0.15, 0.2) is 0 Å². The molecule has 2 rings (SSSR count). The van der Waals surface area contributed by atoms with Crippen molar-refractivity contribution in [2.45, 2.75) is 83.1 Å². The van der Waals surface area contributed by atoms with Crippen molar-refractivity contribution in [1.82, 2.24) is 0 Å². The van der Waals surface area contributed by atoms with Crippen molar-refractivity contribution in [3.63, 3.8) is 0 Å². The Morgan fingerprint density at radius 3 is 2.61 bits per heavy atom. The molecule has 1 saturated carbocycles. The van der Waals surface area contributed by atoms with Crippen molar-refractivity contribution in [2.75, 3.05) is 0 Å². The van der Waals surface area contributed by atoms with Gasteiger partial charge in [-0.3, -0.25) is 0 Å². The number of aliphatic hydroxyl groups is 1. The minimum absolute atomic E-state index is 0.138. The normalized spacial score (nSPS) is 19.4. The molecule has 1 heterocycles. The third kappa shape index (κ3) is 13.0. The zero-order valence-corrected chi connectivity index (χ0v) is 18.7. The average molecular weight is 427 g/mol. The van der Waals surface area contributed by atoms with Gasteiger partial charge >= 0.3 is 5.97 Å². The number of carboxylic acids is 1. The molecular formula is C23H35ClO3S. The van der Waals surface area contributed by atoms with Gasteiger partial charge < -0.3 is 10.2 Å². The summed E-state index contributed by atoms with van der Waals surface area (Å²) in [6.07, 6.45) is 22.5. The topological polar surface area (TPSA) is 57.5 Å². The van der Waals surface area contributed by atoms with Crippen LogP contribution in [-0.4, -0.2) is 27.7 Å². The summed E-state index contributed by atoms with van der Waals surface area (Å²) in [5.41, 5.74) is 1.13. The number of aromatic carboxylic acids is 1. The summed E-state index contributed by atoms with van der Waals surface area (Å²) < 4.78 is 0. The molecule has 1 aliphatic carbocycles. The fourth-order valence-corrected chi connectivity index (χ4v) is 4.17. The number of terminal acetylenes is 1. The van der Waals surface area contributed by atoms with Crippen molar-refractivity contribution >= 4 is 28.9 Å². The van der Waals surface area contributed by atoms with E-state index < -0.39 is 5.97 Å². The van der Waals surface area contributed by atoms with Gasteiger partial charge in [-0.05, 0) is 74.8 Å². The number of alkyl halides is 1. The Balaban J connectivity index is 0.000000497. The molecule has 5 heteroatoms. The Morgan fingerprint density at radius 1 is 1.39 bits per heavy atom. The molecule has 0 amide bonds. The van der Waals surface area contributed by atoms with Crippen LogP contribution in [0.2, 0.25) is 0 Å². The number of carboxylic acid groups (broad SMARTS) is 1. The molecule has 1 aromatic rings. The molecule has 0 aromatic carbocycles. The van der Waals surface area contributed by atoms with Gasteiger partial charge in [-0.25, -0.2) is 4.79 Å². The monoisotopic (exact) mass is 426 g/mol. The minimum Gasteiger partial charge on any atom is -0.477 e. The smallest absolute Gasteiger partial charge is 0.345 e. The van der Waals surface area contributed by atoms with Gasteiger partial charge in [-0.1, -0.05) is 31.9 Å². The number of rotatable bonds is 9. The van der Waals surface area contributed by atoms with Gasteiger partial charge in [-0.15, -0.1) is 35.8 Å². The summed E-state index contributed by atoms with van der Waals surface area (Å²) >= 11 is 7.34. The van der Waals surface area contributed by atoms with Crippen molar-refractivity contribution in [1.29, 1.82) is 0 Å². The molecule has 158 valence electrons. The Kier molecular flexibility index (Phi) is 15.9. The summed E-state index contributed by atoms with van der Waals surface area (Å²) in [5.74, 6) is -0.0957. The third-order valence-electron chi connectivity index (χ3n) is 4.46. The second kappa shape index (κ2) is 16.7. The lowest BCUT2D eigenvalue weighted by molar-refractivity contribution is 0.0702. The van der Waals surface area contributed by atoms with Gasteiger partial charge in [0.05, 0.1) is 6.10 Å². The van der Waals surface area contributed by atoms with E-state index in [1.165, 1.54) is 30.6 Å². The van der Waals surface area contributed by atoms with Gasteiger partial charge in [0.1, 0.15) is 4.88 Å². The van der Waals surface area contributed by atoms with Gasteiger partial charge in [0, 0.05) is 5.38 Å². The second-order valence-corrected chi connectivity index (χ2v) is 8.63. The van der Waals surface area contributed by atoms with E-state index in [1.54, 1.807) is 6.07 Å². The highest BCUT2D eigenvalue weighted by molar-refractivity contribution is 7.12. The van der Waals surface area contributed by atoms with Crippen molar-refractivity contribution < 1.29 is 15.0 Å². The highest BCUT2D eigenvalue weighted by Gasteiger charge is 2.19. The first-order chi connectivity index (χ1) is 13.4. The van der Waals surface area contributed by atoms with Crippen molar-refractivity contribution in [2.24, 2.45) is 5.92 Å². The van der Waals surface area contributed by atoms with Crippen LogP contribution in [0.4, 0.5) is 0 Å². The number of unbranched alkanes of at least 4 members (excludes halogenated alkanes) is 2. The predicted molar refractivity (Wildman–Crippen MR) is 121 cm³/mol. The van der Waals surface area contributed by atoms with Gasteiger partial charge in [0.25, 0.3) is 0 Å². The van der Waals surface area contributed by atoms with Crippen LogP contribution in [0.25, 0.3) is 0 Å². The van der Waals surface area contributed by atoms with E-state index in [2.05, 4.69) is 31.9 Å². The van der Waals surface area contributed by atoms with E-state index in [-0.39, 0.29) is 6.10 Å². The van der Waals surface area contributed by atoms with Crippen LogP contribution in [-0.2, 0) is 6.42 Å². The fourth-order valence-electron chi connectivity index (χ4n) is 3.03. The zero-order valence-electron chi connectivity index (χ0n) is 17.1. The summed E-state index contributed by atoms with van der Waals surface area (Å²) in [7, 11) is 0. The van der Waals surface area contributed by atoms with Crippen molar-refractivity contribution in [3.8, 4) is 12.8 Å². The van der Waals surface area contributed by atoms with Gasteiger partial charge in [0.2, 0.25) is 0 Å². The van der Waals surface area contributed by atoms with E-state index in [4.69, 9.17) is 21.8 Å². The van der Waals surface area contributed by atoms with Crippen LogP contribution in [0.3, 0.4) is 0 Å². The molecule has 1 aromatic heterocycles. The molecule has 3 nitrogen and oxygen atoms in total. The first kappa shape index (κ1) is 26.7. The molecule has 28 heavy (non-hydrogen) atoms. The lowest BCUT2D eigenvalue weighted by Gasteiger charge is -2.03. The summed E-state index contributed by atoms with van der Waals surface area (Å²) in [5, 5.41) is 20.0. The molecule has 1 fully saturated rings. The number of aliphatic hydroxyl groups excluding tert-OH is 1. The van der Waals surface area contributed by atoms with Crippen LogP contribution < -0.4 is 0 Å². The van der Waals surface area contributed by atoms with Crippen molar-refractivity contribution in [3.05, 3.63) is 34.0 Å². The van der Waals surface area contributed by atoms with Gasteiger partial charge in [-0.2, -0.15) is 0 Å². The molecule has 0 aliphatic heterocycles. The molecule has 0 spiro atoms. The Hall–Kier alpha value is -1.28. The quantitative estimate of drug-likeness (QED) is 0.204. The zero-order chi connectivity index (χ0) is 21.4. The standard InChI is InChI=1S/C13H23ClO.C8H10O2S.C2H2/c1-11(15)6-4-2-3-5-7-12-8-9-13(14)10-12;1-2-3-6-4-7(8(9)10)11-5-6;1-2/h5,7,11-13,15H,2-4,6,8-10H2,1H3;4-5H,2-3H2,1H3,(H,9,10);1-2H/b7-5+;;/t11-,12+,13-;;/m1../s1. The average Bonchev–Trinajstić information content (AvgIpc) is 3.30. The predicted octanol–water partition coefficient (Wildman–Crippen LogP) is 6.54. The minimum atomic E-state index is -0.822. The van der Waals surface area contributed by atoms with Crippen LogP contribution in [0.15, 0.2) is 23.6 Å². The Morgan fingerprint density at radius 2 is 2.11 bits per heavy atom. The SMILES string of the molecule is C#C.CCCc1csc(C(=O)O)c1.C[C@@H](O)CCCC/C=C/[C@H]1CC[C@@H](Cl)C1. The molecule has 0 saturated heterocycles. The lowest BCUT2D eigenvalue weighted by atomic mass is 10.1. The van der Waals surface area contributed by atoms with Crippen LogP contribution in [0.1, 0.15) is 80.4 Å². The second-order valence-electron chi connectivity index (χ2n) is 7.11. The molecule has 0 radical (unpaired) electrons. The third-order valence-corrected chi connectivity index (χ3v) is 5.83. The molecular weight excluding hydrogens is 392 g/mol. The van der Waals surface area contributed by atoms with Crippen LogP contribution in [0, 0.1) is 18.8 Å². The van der Waals surface area contributed by atoms with E-state index in [9.17, 15) is 4.79 Å². The number of hydrogen-bond donors (Lipinski definition) is 2. The van der Waals surface area contributed by atoms with E-state index >= 15 is 0 Å². The number of aryl methyl sites for hydroxylation is 1. The van der Waals surface area contributed by atoms with E-state index in [0.717, 1.165) is 50.0 Å². The maximum atomic E-state index is 10.4. The maximum absolute atomic E-state index is 10.4. The number of allylic oxidation sites excluding steroid dienone is 2. The first-order valence-electron chi connectivity index (χ1n) is 10.0. The Bertz CT molecular complexity index is 577. The summed E-state index contributed by atoms with van der Waals surface area (Å²) in [6, 6.07) is 1.75. The molecule has 2 N–H and O–H groups in total. The lowest BCUT2D eigenvalue weighted by Crippen LogP contribution is -1.97. The number of hydrogen-bond acceptors (Lipinski definition) is 3.